The number of hydrogen-bond donors (Lipinski definition) is 1. The van der Waals surface area contributed by atoms with Crippen LogP contribution in [0.1, 0.15) is 23.0 Å². The van der Waals surface area contributed by atoms with Crippen molar-refractivity contribution in [2.24, 2.45) is 0 Å². The predicted octanol–water partition coefficient (Wildman–Crippen LogP) is 1.89. The lowest BCUT2D eigenvalue weighted by Crippen LogP contribution is -2.34. The smallest absolute Gasteiger partial charge is 0.251 e. The van der Waals surface area contributed by atoms with Gasteiger partial charge >= 0.3 is 0 Å². The number of sulfonamides is 1. The van der Waals surface area contributed by atoms with Crippen LogP contribution in [0.3, 0.4) is 0 Å². The molecule has 0 bridgehead atoms. The summed E-state index contributed by atoms with van der Waals surface area (Å²) in [4.78, 5) is 12.4. The second kappa shape index (κ2) is 6.97. The van der Waals surface area contributed by atoms with Crippen molar-refractivity contribution in [3.63, 3.8) is 0 Å². The second-order valence-electron chi connectivity index (χ2n) is 5.47. The van der Waals surface area contributed by atoms with E-state index in [-0.39, 0.29) is 16.8 Å². The highest BCUT2D eigenvalue weighted by Crippen LogP contribution is 2.15. The lowest BCUT2D eigenvalue weighted by molar-refractivity contribution is 0.0939. The summed E-state index contributed by atoms with van der Waals surface area (Å²) in [6.45, 7) is 1.86. The maximum Gasteiger partial charge on any atom is 0.251 e. The Morgan fingerprint density at radius 1 is 1.26 bits per heavy atom. The zero-order valence-corrected chi connectivity index (χ0v) is 14.1. The molecule has 2 aromatic rings. The van der Waals surface area contributed by atoms with Gasteiger partial charge in [-0.2, -0.15) is 0 Å². The molecule has 1 N–H and O–H groups in total. The quantitative estimate of drug-likeness (QED) is 0.873. The van der Waals surface area contributed by atoms with Gasteiger partial charge in [0.15, 0.2) is 0 Å². The molecule has 0 saturated heterocycles. The van der Waals surface area contributed by atoms with Crippen LogP contribution in [0.2, 0.25) is 0 Å². The van der Waals surface area contributed by atoms with Crippen molar-refractivity contribution in [3.8, 4) is 0 Å². The van der Waals surface area contributed by atoms with Crippen molar-refractivity contribution < 1.29 is 17.6 Å². The molecule has 0 aliphatic rings. The molecule has 1 atom stereocenters. The van der Waals surface area contributed by atoms with Crippen LogP contribution in [0.15, 0.2) is 52.0 Å². The number of benzene rings is 1. The number of hydrogen-bond acceptors (Lipinski definition) is 4. The van der Waals surface area contributed by atoms with E-state index in [1.54, 1.807) is 24.5 Å². The first-order chi connectivity index (χ1) is 10.8. The Hall–Kier alpha value is -2.12. The van der Waals surface area contributed by atoms with E-state index in [0.29, 0.717) is 12.0 Å². The normalized spacial score (nSPS) is 13.0. The molecule has 124 valence electrons. The third kappa shape index (κ3) is 4.20. The number of amides is 1. The minimum Gasteiger partial charge on any atom is -0.469 e. The summed E-state index contributed by atoms with van der Waals surface area (Å²) >= 11 is 0. The van der Waals surface area contributed by atoms with Crippen molar-refractivity contribution >= 4 is 15.9 Å². The molecule has 1 aromatic heterocycles. The van der Waals surface area contributed by atoms with E-state index in [1.807, 2.05) is 13.0 Å². The molecular weight excluding hydrogens is 316 g/mol. The number of rotatable bonds is 6. The molecule has 0 saturated carbocycles. The Balaban J connectivity index is 2.11. The summed E-state index contributed by atoms with van der Waals surface area (Å²) in [6.07, 6.45) is 2.15. The lowest BCUT2D eigenvalue weighted by Gasteiger charge is -2.14. The standard InChI is InChI=1S/C16H20N2O4S/c1-12(10-14-7-5-9-22-14)17-16(19)13-6-4-8-15(11-13)23(20,21)18(2)3/h4-9,11-12H,10H2,1-3H3,(H,17,19)/t12-/m0/s1. The van der Waals surface area contributed by atoms with Crippen LogP contribution in [-0.2, 0) is 16.4 Å². The zero-order chi connectivity index (χ0) is 17.0. The van der Waals surface area contributed by atoms with E-state index < -0.39 is 10.0 Å². The number of furan rings is 1. The Labute approximate surface area is 136 Å². The van der Waals surface area contributed by atoms with E-state index in [0.717, 1.165) is 10.1 Å². The first-order valence-electron chi connectivity index (χ1n) is 7.16. The average molecular weight is 336 g/mol. The van der Waals surface area contributed by atoms with Crippen molar-refractivity contribution in [2.75, 3.05) is 14.1 Å². The third-order valence-corrected chi connectivity index (χ3v) is 5.15. The van der Waals surface area contributed by atoms with Crippen LogP contribution in [0.5, 0.6) is 0 Å². The Morgan fingerprint density at radius 2 is 2.00 bits per heavy atom. The van der Waals surface area contributed by atoms with Crippen molar-refractivity contribution in [3.05, 3.63) is 54.0 Å². The van der Waals surface area contributed by atoms with Crippen molar-refractivity contribution in [1.82, 2.24) is 9.62 Å². The molecule has 23 heavy (non-hydrogen) atoms. The van der Waals surface area contributed by atoms with E-state index in [2.05, 4.69) is 5.32 Å². The van der Waals surface area contributed by atoms with Gasteiger partial charge in [0, 0.05) is 32.1 Å². The van der Waals surface area contributed by atoms with E-state index >= 15 is 0 Å². The molecule has 7 heteroatoms. The fraction of sp³-hybridized carbons (Fsp3) is 0.312. The molecule has 6 nitrogen and oxygen atoms in total. The minimum absolute atomic E-state index is 0.0915. The summed E-state index contributed by atoms with van der Waals surface area (Å²) in [6, 6.07) is 9.49. The van der Waals surface area contributed by atoms with E-state index in [4.69, 9.17) is 4.42 Å². The first-order valence-corrected chi connectivity index (χ1v) is 8.60. The Morgan fingerprint density at radius 3 is 2.61 bits per heavy atom. The molecule has 0 spiro atoms. The molecule has 0 fully saturated rings. The van der Waals surface area contributed by atoms with Crippen LogP contribution >= 0.6 is 0 Å². The fourth-order valence-electron chi connectivity index (χ4n) is 2.10. The van der Waals surface area contributed by atoms with Gasteiger partial charge in [-0.25, -0.2) is 12.7 Å². The van der Waals surface area contributed by atoms with Crippen LogP contribution in [0, 0.1) is 0 Å². The van der Waals surface area contributed by atoms with Crippen LogP contribution in [-0.4, -0.2) is 38.8 Å². The van der Waals surface area contributed by atoms with Gasteiger partial charge < -0.3 is 9.73 Å². The maximum absolute atomic E-state index is 12.3. The predicted molar refractivity (Wildman–Crippen MR) is 86.7 cm³/mol. The van der Waals surface area contributed by atoms with Crippen LogP contribution < -0.4 is 5.32 Å². The van der Waals surface area contributed by atoms with Crippen molar-refractivity contribution in [1.29, 1.82) is 0 Å². The number of nitrogens with one attached hydrogen (secondary N) is 1. The van der Waals surface area contributed by atoms with Crippen LogP contribution in [0.25, 0.3) is 0 Å². The topological polar surface area (TPSA) is 79.6 Å². The molecular formula is C16H20N2O4S. The van der Waals surface area contributed by atoms with Crippen LogP contribution in [0.4, 0.5) is 0 Å². The first kappa shape index (κ1) is 17.2. The van der Waals surface area contributed by atoms with Gasteiger partial charge in [-0.15, -0.1) is 0 Å². The Bertz CT molecular complexity index is 767. The second-order valence-corrected chi connectivity index (χ2v) is 7.63. The van der Waals surface area contributed by atoms with E-state index in [1.165, 1.54) is 26.2 Å². The number of nitrogens with zero attached hydrogens (tertiary/aromatic N) is 1. The molecule has 1 aromatic carbocycles. The SMILES string of the molecule is C[C@@H](Cc1ccco1)NC(=O)c1cccc(S(=O)(=O)N(C)C)c1. The van der Waals surface area contributed by atoms with Gasteiger partial charge in [-0.1, -0.05) is 6.07 Å². The van der Waals surface area contributed by atoms with E-state index in [9.17, 15) is 13.2 Å². The molecule has 0 aliphatic heterocycles. The molecule has 1 amide bonds. The monoisotopic (exact) mass is 336 g/mol. The summed E-state index contributed by atoms with van der Waals surface area (Å²) in [7, 11) is -0.660. The van der Waals surface area contributed by atoms with Gasteiger partial charge in [0.1, 0.15) is 5.76 Å². The largest absolute Gasteiger partial charge is 0.469 e. The number of carbonyl (C=O) groups is 1. The van der Waals surface area contributed by atoms with Gasteiger partial charge in [0.2, 0.25) is 10.0 Å². The summed E-state index contributed by atoms with van der Waals surface area (Å²) in [5.41, 5.74) is 0.305. The molecule has 0 aliphatic carbocycles. The summed E-state index contributed by atoms with van der Waals surface area (Å²) in [5, 5.41) is 2.83. The molecule has 0 radical (unpaired) electrons. The highest BCUT2D eigenvalue weighted by molar-refractivity contribution is 7.89. The Kier molecular flexibility index (Phi) is 5.23. The lowest BCUT2D eigenvalue weighted by atomic mass is 10.1. The van der Waals surface area contributed by atoms with Crippen molar-refractivity contribution in [2.45, 2.75) is 24.3 Å². The average Bonchev–Trinajstić information content (AvgIpc) is 2.99. The molecule has 0 unspecified atom stereocenters. The minimum atomic E-state index is -3.56. The summed E-state index contributed by atoms with van der Waals surface area (Å²) < 4.78 is 30.6. The van der Waals surface area contributed by atoms with Gasteiger partial charge in [-0.3, -0.25) is 4.79 Å². The zero-order valence-electron chi connectivity index (χ0n) is 13.3. The maximum atomic E-state index is 12.3. The third-order valence-electron chi connectivity index (χ3n) is 3.34. The van der Waals surface area contributed by atoms with Gasteiger partial charge in [0.25, 0.3) is 5.91 Å². The summed E-state index contributed by atoms with van der Waals surface area (Å²) in [5.74, 6) is 0.460. The van der Waals surface area contributed by atoms with Gasteiger partial charge in [-0.05, 0) is 37.3 Å². The van der Waals surface area contributed by atoms with Gasteiger partial charge in [0.05, 0.1) is 11.2 Å². The molecule has 1 heterocycles. The highest BCUT2D eigenvalue weighted by Gasteiger charge is 2.19. The highest BCUT2D eigenvalue weighted by atomic mass is 32.2. The fourth-order valence-corrected chi connectivity index (χ4v) is 3.05. The number of carbonyl (C=O) groups excluding carboxylic acids is 1. The molecule has 2 rings (SSSR count).